The van der Waals surface area contributed by atoms with E-state index in [1.165, 1.54) is 42.6 Å². The Balaban J connectivity index is 1.99. The Kier molecular flexibility index (Phi) is 4.02. The number of nitrogens with zero attached hydrogens (tertiary/aromatic N) is 1. The number of alkyl halides is 3. The van der Waals surface area contributed by atoms with Crippen molar-refractivity contribution in [1.29, 1.82) is 0 Å². The molecule has 0 aromatic heterocycles. The fourth-order valence-electron chi connectivity index (χ4n) is 1.46. The number of hydrogen-bond acceptors (Lipinski definition) is 2. The first-order chi connectivity index (χ1) is 9.45. The second kappa shape index (κ2) is 5.73. The Morgan fingerprint density at radius 3 is 2.05 bits per heavy atom. The third kappa shape index (κ3) is 3.81. The molecule has 2 rings (SSSR count). The molecule has 0 aliphatic rings. The van der Waals surface area contributed by atoms with Gasteiger partial charge in [0.1, 0.15) is 5.82 Å². The Morgan fingerprint density at radius 2 is 1.50 bits per heavy atom. The average molecular weight is 282 g/mol. The second-order valence-corrected chi connectivity index (χ2v) is 4.00. The van der Waals surface area contributed by atoms with Crippen LogP contribution in [0.4, 0.5) is 23.2 Å². The van der Waals surface area contributed by atoms with Crippen molar-refractivity contribution in [2.75, 3.05) is 5.43 Å². The molecule has 0 saturated carbocycles. The van der Waals surface area contributed by atoms with Gasteiger partial charge in [-0.3, -0.25) is 5.43 Å². The van der Waals surface area contributed by atoms with Crippen LogP contribution in [0.25, 0.3) is 0 Å². The predicted molar refractivity (Wildman–Crippen MR) is 69.1 cm³/mol. The van der Waals surface area contributed by atoms with E-state index in [4.69, 9.17) is 0 Å². The van der Waals surface area contributed by atoms with Crippen molar-refractivity contribution in [3.8, 4) is 0 Å². The first kappa shape index (κ1) is 14.0. The van der Waals surface area contributed by atoms with Crippen LogP contribution in [0.2, 0.25) is 0 Å². The van der Waals surface area contributed by atoms with Gasteiger partial charge in [-0.15, -0.1) is 0 Å². The van der Waals surface area contributed by atoms with Crippen LogP contribution in [-0.2, 0) is 6.18 Å². The zero-order valence-corrected chi connectivity index (χ0v) is 10.2. The van der Waals surface area contributed by atoms with E-state index in [1.54, 1.807) is 0 Å². The Bertz CT molecular complexity index is 586. The van der Waals surface area contributed by atoms with Crippen LogP contribution in [-0.4, -0.2) is 6.21 Å². The molecule has 0 atom stereocenters. The van der Waals surface area contributed by atoms with Crippen LogP contribution in [0.3, 0.4) is 0 Å². The number of hydrogen-bond donors (Lipinski definition) is 1. The molecule has 1 N–H and O–H groups in total. The summed E-state index contributed by atoms with van der Waals surface area (Å²) in [5, 5.41) is 3.85. The summed E-state index contributed by atoms with van der Waals surface area (Å²) in [7, 11) is 0. The van der Waals surface area contributed by atoms with Crippen molar-refractivity contribution >= 4 is 11.9 Å². The van der Waals surface area contributed by atoms with Gasteiger partial charge in [0.2, 0.25) is 0 Å². The second-order valence-electron chi connectivity index (χ2n) is 4.00. The van der Waals surface area contributed by atoms with Crippen molar-refractivity contribution < 1.29 is 17.6 Å². The lowest BCUT2D eigenvalue weighted by Crippen LogP contribution is -2.04. The van der Waals surface area contributed by atoms with Gasteiger partial charge in [0, 0.05) is 0 Å². The highest BCUT2D eigenvalue weighted by Crippen LogP contribution is 2.28. The molecule has 0 aliphatic heterocycles. The SMILES string of the molecule is Fc1ccc(N/N=C\c2ccc(C(F)(F)F)cc2)cc1. The standard InChI is InChI=1S/C14H10F4N2/c15-12-5-7-13(8-6-12)20-19-9-10-1-3-11(4-2-10)14(16,17)18/h1-9,20H/b19-9-. The fraction of sp³-hybridized carbons (Fsp3) is 0.0714. The van der Waals surface area contributed by atoms with Gasteiger partial charge in [-0.1, -0.05) is 12.1 Å². The molecule has 0 aliphatic carbocycles. The zero-order chi connectivity index (χ0) is 14.6. The molecule has 0 saturated heterocycles. The summed E-state index contributed by atoms with van der Waals surface area (Å²) in [6.07, 6.45) is -2.97. The number of hydrazone groups is 1. The van der Waals surface area contributed by atoms with E-state index >= 15 is 0 Å². The van der Waals surface area contributed by atoms with E-state index in [0.29, 0.717) is 11.3 Å². The third-order valence-corrected chi connectivity index (χ3v) is 2.49. The molecule has 0 spiro atoms. The van der Waals surface area contributed by atoms with E-state index in [2.05, 4.69) is 10.5 Å². The maximum Gasteiger partial charge on any atom is 0.416 e. The van der Waals surface area contributed by atoms with Crippen LogP contribution >= 0.6 is 0 Å². The van der Waals surface area contributed by atoms with Gasteiger partial charge in [-0.05, 0) is 42.0 Å². The van der Waals surface area contributed by atoms with E-state index in [1.807, 2.05) is 0 Å². The molecule has 6 heteroatoms. The molecule has 0 fully saturated rings. The van der Waals surface area contributed by atoms with Crippen LogP contribution in [0, 0.1) is 5.82 Å². The lowest BCUT2D eigenvalue weighted by atomic mass is 10.1. The number of nitrogens with one attached hydrogen (secondary N) is 1. The number of anilines is 1. The van der Waals surface area contributed by atoms with Crippen LogP contribution in [0.1, 0.15) is 11.1 Å². The van der Waals surface area contributed by atoms with Crippen LogP contribution in [0.5, 0.6) is 0 Å². The lowest BCUT2D eigenvalue weighted by molar-refractivity contribution is -0.137. The molecular formula is C14H10F4N2. The quantitative estimate of drug-likeness (QED) is 0.507. The van der Waals surface area contributed by atoms with Gasteiger partial charge in [0.05, 0.1) is 17.5 Å². The van der Waals surface area contributed by atoms with E-state index in [-0.39, 0.29) is 5.82 Å². The van der Waals surface area contributed by atoms with Crippen molar-refractivity contribution in [3.05, 3.63) is 65.5 Å². The first-order valence-electron chi connectivity index (χ1n) is 5.67. The number of benzene rings is 2. The molecule has 0 bridgehead atoms. The molecule has 2 nitrogen and oxygen atoms in total. The third-order valence-electron chi connectivity index (χ3n) is 2.49. The van der Waals surface area contributed by atoms with Gasteiger partial charge in [0.25, 0.3) is 0 Å². The highest BCUT2D eigenvalue weighted by atomic mass is 19.4. The predicted octanol–water partition coefficient (Wildman–Crippen LogP) is 4.29. The van der Waals surface area contributed by atoms with Crippen molar-refractivity contribution in [2.45, 2.75) is 6.18 Å². The van der Waals surface area contributed by atoms with E-state index in [9.17, 15) is 17.6 Å². The summed E-state index contributed by atoms with van der Waals surface area (Å²) in [6.45, 7) is 0. The highest BCUT2D eigenvalue weighted by Gasteiger charge is 2.29. The molecule has 2 aromatic carbocycles. The molecule has 0 amide bonds. The Hall–Kier alpha value is -2.37. The van der Waals surface area contributed by atoms with Gasteiger partial charge < -0.3 is 0 Å². The highest BCUT2D eigenvalue weighted by molar-refractivity contribution is 5.80. The summed E-state index contributed by atoms with van der Waals surface area (Å²) in [6, 6.07) is 10.2. The lowest BCUT2D eigenvalue weighted by Gasteiger charge is -2.05. The maximum absolute atomic E-state index is 12.6. The average Bonchev–Trinajstić information content (AvgIpc) is 2.41. The molecule has 2 aromatic rings. The Morgan fingerprint density at radius 1 is 0.900 bits per heavy atom. The number of halogens is 4. The number of rotatable bonds is 3. The molecular weight excluding hydrogens is 272 g/mol. The van der Waals surface area contributed by atoms with Gasteiger partial charge in [-0.25, -0.2) is 4.39 Å². The molecule has 0 radical (unpaired) electrons. The van der Waals surface area contributed by atoms with Crippen LogP contribution < -0.4 is 5.43 Å². The minimum absolute atomic E-state index is 0.359. The van der Waals surface area contributed by atoms with Gasteiger partial charge in [-0.2, -0.15) is 18.3 Å². The summed E-state index contributed by atoms with van der Waals surface area (Å²) < 4.78 is 49.7. The minimum Gasteiger partial charge on any atom is -0.279 e. The van der Waals surface area contributed by atoms with E-state index < -0.39 is 11.7 Å². The van der Waals surface area contributed by atoms with Crippen molar-refractivity contribution in [3.63, 3.8) is 0 Å². The van der Waals surface area contributed by atoms with Crippen LogP contribution in [0.15, 0.2) is 53.6 Å². The summed E-state index contributed by atoms with van der Waals surface area (Å²) >= 11 is 0. The molecule has 0 heterocycles. The maximum atomic E-state index is 12.6. The smallest absolute Gasteiger partial charge is 0.279 e. The Labute approximate surface area is 112 Å². The van der Waals surface area contributed by atoms with Crippen molar-refractivity contribution in [1.82, 2.24) is 0 Å². The fourth-order valence-corrected chi connectivity index (χ4v) is 1.46. The summed E-state index contributed by atoms with van der Waals surface area (Å²) in [5.41, 5.74) is 3.04. The zero-order valence-electron chi connectivity index (χ0n) is 10.2. The largest absolute Gasteiger partial charge is 0.416 e. The normalized spacial score (nSPS) is 11.8. The molecule has 104 valence electrons. The van der Waals surface area contributed by atoms with Crippen molar-refractivity contribution in [2.24, 2.45) is 5.10 Å². The topological polar surface area (TPSA) is 24.4 Å². The van der Waals surface area contributed by atoms with Gasteiger partial charge >= 0.3 is 6.18 Å². The summed E-state index contributed by atoms with van der Waals surface area (Å²) in [4.78, 5) is 0. The van der Waals surface area contributed by atoms with Gasteiger partial charge in [0.15, 0.2) is 0 Å². The minimum atomic E-state index is -4.35. The molecule has 0 unspecified atom stereocenters. The molecule has 20 heavy (non-hydrogen) atoms. The monoisotopic (exact) mass is 282 g/mol. The van der Waals surface area contributed by atoms with E-state index in [0.717, 1.165) is 12.1 Å². The first-order valence-corrected chi connectivity index (χ1v) is 5.67. The summed E-state index contributed by atoms with van der Waals surface area (Å²) in [5.74, 6) is -0.359.